The summed E-state index contributed by atoms with van der Waals surface area (Å²) in [6.07, 6.45) is 7.19. The Bertz CT molecular complexity index is 407. The molecule has 0 unspecified atom stereocenters. The minimum atomic E-state index is -0.800. The molecule has 0 aromatic carbocycles. The van der Waals surface area contributed by atoms with Crippen LogP contribution in [0.1, 0.15) is 83.5 Å². The third kappa shape index (κ3) is 20.0. The summed E-state index contributed by atoms with van der Waals surface area (Å²) in [6, 6.07) is 0. The molecule has 0 saturated carbocycles. The molecule has 0 atom stereocenters. The van der Waals surface area contributed by atoms with Gasteiger partial charge in [0.05, 0.1) is 13.2 Å². The molecule has 0 spiro atoms. The number of carbonyl (C=O) groups excluding carboxylic acids is 2. The Morgan fingerprint density at radius 2 is 0.815 bits per heavy atom. The van der Waals surface area contributed by atoms with E-state index in [1.54, 1.807) is 0 Å². The van der Waals surface area contributed by atoms with Crippen LogP contribution < -0.4 is 0 Å². The molecule has 0 saturated heterocycles. The fraction of sp³-hybridized carbons (Fsp3) is 0.789. The van der Waals surface area contributed by atoms with Gasteiger partial charge in [-0.1, -0.05) is 25.7 Å². The zero-order chi connectivity index (χ0) is 20.3. The van der Waals surface area contributed by atoms with E-state index in [0.717, 1.165) is 25.7 Å². The van der Waals surface area contributed by atoms with E-state index in [0.29, 0.717) is 44.9 Å². The van der Waals surface area contributed by atoms with E-state index in [1.165, 1.54) is 0 Å². The van der Waals surface area contributed by atoms with E-state index in [2.05, 4.69) is 0 Å². The van der Waals surface area contributed by atoms with Crippen LogP contribution in [0.2, 0.25) is 0 Å². The van der Waals surface area contributed by atoms with Gasteiger partial charge in [0.25, 0.3) is 0 Å². The first-order chi connectivity index (χ1) is 12.9. The zero-order valence-corrected chi connectivity index (χ0v) is 16.0. The first kappa shape index (κ1) is 24.9. The second-order valence-corrected chi connectivity index (χ2v) is 6.41. The predicted octanol–water partition coefficient (Wildman–Crippen LogP) is 3.31. The third-order valence-electron chi connectivity index (χ3n) is 3.86. The summed E-state index contributed by atoms with van der Waals surface area (Å²) in [5.74, 6) is -2.18. The van der Waals surface area contributed by atoms with Crippen LogP contribution in [-0.4, -0.2) is 47.3 Å². The monoisotopic (exact) mass is 388 g/mol. The second-order valence-electron chi connectivity index (χ2n) is 6.41. The van der Waals surface area contributed by atoms with Crippen molar-refractivity contribution in [2.75, 3.05) is 13.2 Å². The molecule has 0 fully saturated rings. The van der Waals surface area contributed by atoms with Crippen molar-refractivity contribution in [3.8, 4) is 0 Å². The highest BCUT2D eigenvalue weighted by molar-refractivity contribution is 5.69. The summed E-state index contributed by atoms with van der Waals surface area (Å²) in [4.78, 5) is 43.7. The zero-order valence-electron chi connectivity index (χ0n) is 16.0. The Labute approximate surface area is 160 Å². The minimum absolute atomic E-state index is 0.161. The Balaban J connectivity index is 3.36. The molecule has 0 amide bonds. The number of unbranched alkanes of at least 4 members (excludes halogenated alkanes) is 6. The largest absolute Gasteiger partial charge is 0.481 e. The van der Waals surface area contributed by atoms with Crippen LogP contribution in [-0.2, 0) is 28.7 Å². The van der Waals surface area contributed by atoms with Crippen molar-refractivity contribution in [1.82, 2.24) is 0 Å². The summed E-state index contributed by atoms with van der Waals surface area (Å²) in [5.41, 5.74) is 0. The molecule has 0 aromatic heterocycles. The van der Waals surface area contributed by atoms with Gasteiger partial charge in [-0.25, -0.2) is 0 Å². The summed E-state index contributed by atoms with van der Waals surface area (Å²) in [6.45, 7) is 0.417. The van der Waals surface area contributed by atoms with Crippen LogP contribution >= 0.6 is 0 Å². The van der Waals surface area contributed by atoms with Crippen LogP contribution in [0.15, 0.2) is 0 Å². The van der Waals surface area contributed by atoms with Gasteiger partial charge in [-0.3, -0.25) is 19.2 Å². The molecular formula is C19H32O8. The molecule has 2 N–H and O–H groups in total. The summed E-state index contributed by atoms with van der Waals surface area (Å²) in [5, 5.41) is 17.0. The normalized spacial score (nSPS) is 10.4. The topological polar surface area (TPSA) is 127 Å². The van der Waals surface area contributed by atoms with Crippen molar-refractivity contribution < 1.29 is 38.9 Å². The lowest BCUT2D eigenvalue weighted by atomic mass is 10.1. The van der Waals surface area contributed by atoms with Gasteiger partial charge in [0.15, 0.2) is 0 Å². The van der Waals surface area contributed by atoms with Gasteiger partial charge in [-0.15, -0.1) is 0 Å². The van der Waals surface area contributed by atoms with E-state index in [9.17, 15) is 19.2 Å². The first-order valence-electron chi connectivity index (χ1n) is 9.66. The molecule has 0 radical (unpaired) electrons. The van der Waals surface area contributed by atoms with E-state index >= 15 is 0 Å². The number of esters is 2. The minimum Gasteiger partial charge on any atom is -0.481 e. The average molecular weight is 388 g/mol. The van der Waals surface area contributed by atoms with E-state index in [4.69, 9.17) is 19.7 Å². The number of carboxylic acid groups (broad SMARTS) is 2. The number of aliphatic carboxylic acids is 2. The van der Waals surface area contributed by atoms with Crippen LogP contribution in [0.4, 0.5) is 0 Å². The number of ether oxygens (including phenoxy) is 2. The van der Waals surface area contributed by atoms with Gasteiger partial charge in [-0.05, 0) is 25.7 Å². The maximum absolute atomic E-state index is 11.5. The maximum atomic E-state index is 11.5. The molecule has 0 aliphatic rings. The van der Waals surface area contributed by atoms with Gasteiger partial charge in [-0.2, -0.15) is 0 Å². The molecule has 156 valence electrons. The van der Waals surface area contributed by atoms with Crippen LogP contribution in [0, 0.1) is 0 Å². The molecule has 0 aliphatic carbocycles. The number of carbonyl (C=O) groups is 4. The molecule has 0 rings (SSSR count). The lowest BCUT2D eigenvalue weighted by molar-refractivity contribution is -0.146. The Morgan fingerprint density at radius 1 is 0.481 bits per heavy atom. The van der Waals surface area contributed by atoms with Crippen LogP contribution in [0.5, 0.6) is 0 Å². The van der Waals surface area contributed by atoms with Crippen molar-refractivity contribution in [2.24, 2.45) is 0 Å². The molecule has 0 heterocycles. The number of hydrogen-bond donors (Lipinski definition) is 2. The van der Waals surface area contributed by atoms with Crippen molar-refractivity contribution in [2.45, 2.75) is 83.5 Å². The van der Waals surface area contributed by atoms with Gasteiger partial charge >= 0.3 is 23.9 Å². The fourth-order valence-electron chi connectivity index (χ4n) is 2.37. The third-order valence-corrected chi connectivity index (χ3v) is 3.86. The van der Waals surface area contributed by atoms with Gasteiger partial charge in [0.1, 0.15) is 0 Å². The van der Waals surface area contributed by atoms with Crippen LogP contribution in [0.25, 0.3) is 0 Å². The predicted molar refractivity (Wildman–Crippen MR) is 97.2 cm³/mol. The van der Waals surface area contributed by atoms with Crippen molar-refractivity contribution >= 4 is 23.9 Å². The fourth-order valence-corrected chi connectivity index (χ4v) is 2.37. The molecule has 8 nitrogen and oxygen atoms in total. The van der Waals surface area contributed by atoms with Crippen molar-refractivity contribution in [3.63, 3.8) is 0 Å². The van der Waals surface area contributed by atoms with Crippen molar-refractivity contribution in [1.29, 1.82) is 0 Å². The standard InChI is InChI=1S/C19H32O8/c20-16(21)10-5-1-3-7-12-18(24)26-14-9-15-27-19(25)13-8-4-2-6-11-17(22)23/h1-15H2,(H,20,21)(H,22,23). The average Bonchev–Trinajstić information content (AvgIpc) is 2.60. The number of hydrogen-bond acceptors (Lipinski definition) is 6. The summed E-state index contributed by atoms with van der Waals surface area (Å²) < 4.78 is 10.1. The molecule has 27 heavy (non-hydrogen) atoms. The number of carboxylic acids is 2. The molecule has 0 bridgehead atoms. The van der Waals surface area contributed by atoms with Crippen LogP contribution in [0.3, 0.4) is 0 Å². The molecule has 0 aromatic rings. The van der Waals surface area contributed by atoms with Gasteiger partial charge in [0, 0.05) is 32.1 Å². The number of rotatable bonds is 18. The maximum Gasteiger partial charge on any atom is 0.305 e. The Hall–Kier alpha value is -2.12. The van der Waals surface area contributed by atoms with E-state index in [-0.39, 0.29) is 38.0 Å². The van der Waals surface area contributed by atoms with Crippen molar-refractivity contribution in [3.05, 3.63) is 0 Å². The highest BCUT2D eigenvalue weighted by Gasteiger charge is 2.05. The molecule has 8 heteroatoms. The Kier molecular flexibility index (Phi) is 15.9. The Morgan fingerprint density at radius 3 is 1.15 bits per heavy atom. The summed E-state index contributed by atoms with van der Waals surface area (Å²) in [7, 11) is 0. The highest BCUT2D eigenvalue weighted by Crippen LogP contribution is 2.07. The molecule has 0 aliphatic heterocycles. The molecular weight excluding hydrogens is 356 g/mol. The highest BCUT2D eigenvalue weighted by atomic mass is 16.5. The van der Waals surface area contributed by atoms with Gasteiger partial charge < -0.3 is 19.7 Å². The van der Waals surface area contributed by atoms with Gasteiger partial charge in [0.2, 0.25) is 0 Å². The van der Waals surface area contributed by atoms with E-state index in [1.807, 2.05) is 0 Å². The lowest BCUT2D eigenvalue weighted by Gasteiger charge is -2.06. The SMILES string of the molecule is O=C(O)CCCCCCC(=O)OCCCOC(=O)CCCCCCC(=O)O. The second kappa shape index (κ2) is 17.3. The quantitative estimate of drug-likeness (QED) is 0.270. The van der Waals surface area contributed by atoms with E-state index < -0.39 is 11.9 Å². The summed E-state index contributed by atoms with van der Waals surface area (Å²) >= 11 is 0. The smallest absolute Gasteiger partial charge is 0.305 e. The first-order valence-corrected chi connectivity index (χ1v) is 9.66. The lowest BCUT2D eigenvalue weighted by Crippen LogP contribution is -2.10.